The Hall–Kier alpha value is -2.04. The Balaban J connectivity index is 1.42. The van der Waals surface area contributed by atoms with Crippen molar-refractivity contribution >= 4 is 16.1 Å². The number of carbonyl (C=O) groups excluding carboxylic acids is 1. The van der Waals surface area contributed by atoms with Gasteiger partial charge in [0.15, 0.2) is 11.5 Å². The summed E-state index contributed by atoms with van der Waals surface area (Å²) in [6.45, 7) is 4.59. The second-order valence-corrected chi connectivity index (χ2v) is 8.87. The molecule has 3 aliphatic heterocycles. The van der Waals surface area contributed by atoms with E-state index in [2.05, 4.69) is 0 Å². The maximum absolute atomic E-state index is 13.0. The molecular weight excluding hydrogens is 386 g/mol. The molecule has 0 radical (unpaired) electrons. The number of fused-ring (bicyclic) bond motifs is 1. The molecule has 1 aromatic carbocycles. The number of rotatable bonds is 2. The molecule has 10 heteroatoms. The van der Waals surface area contributed by atoms with E-state index < -0.39 is 10.0 Å². The molecule has 3 heterocycles. The van der Waals surface area contributed by atoms with E-state index in [4.69, 9.17) is 14.2 Å². The second-order valence-electron chi connectivity index (χ2n) is 6.93. The summed E-state index contributed by atoms with van der Waals surface area (Å²) in [5.41, 5.74) is 0. The lowest BCUT2D eigenvalue weighted by molar-refractivity contribution is 0.0405. The first kappa shape index (κ1) is 19.3. The molecule has 4 rings (SSSR count). The van der Waals surface area contributed by atoms with Crippen LogP contribution in [0.3, 0.4) is 0 Å². The fraction of sp³-hybridized carbons (Fsp3) is 0.611. The van der Waals surface area contributed by atoms with Crippen LogP contribution in [0.2, 0.25) is 0 Å². The fourth-order valence-corrected chi connectivity index (χ4v) is 4.97. The Morgan fingerprint density at radius 2 is 1.46 bits per heavy atom. The molecule has 0 bridgehead atoms. The normalized spacial score (nSPS) is 21.3. The Morgan fingerprint density at radius 3 is 2.18 bits per heavy atom. The smallest absolute Gasteiger partial charge is 0.320 e. The van der Waals surface area contributed by atoms with Crippen molar-refractivity contribution in [3.05, 3.63) is 18.2 Å². The molecule has 0 spiro atoms. The quantitative estimate of drug-likeness (QED) is 0.708. The minimum absolute atomic E-state index is 0.0454. The molecular formula is C18H25N3O6S. The number of carbonyl (C=O) groups is 1. The molecule has 9 nitrogen and oxygen atoms in total. The van der Waals surface area contributed by atoms with Crippen LogP contribution in [0.25, 0.3) is 0 Å². The lowest BCUT2D eigenvalue weighted by atomic mass is 10.3. The van der Waals surface area contributed by atoms with Crippen molar-refractivity contribution in [1.29, 1.82) is 0 Å². The molecule has 0 aromatic heterocycles. The van der Waals surface area contributed by atoms with Gasteiger partial charge < -0.3 is 24.0 Å². The van der Waals surface area contributed by atoms with Crippen LogP contribution in [-0.2, 0) is 14.8 Å². The Morgan fingerprint density at radius 1 is 0.821 bits per heavy atom. The van der Waals surface area contributed by atoms with E-state index in [-0.39, 0.29) is 24.0 Å². The van der Waals surface area contributed by atoms with Gasteiger partial charge in [-0.2, -0.15) is 4.31 Å². The predicted molar refractivity (Wildman–Crippen MR) is 100 cm³/mol. The molecule has 3 aliphatic rings. The van der Waals surface area contributed by atoms with Gasteiger partial charge in [-0.25, -0.2) is 13.2 Å². The monoisotopic (exact) mass is 411 g/mol. The van der Waals surface area contributed by atoms with Crippen LogP contribution in [0, 0.1) is 0 Å². The number of hydrogen-bond donors (Lipinski definition) is 0. The Kier molecular flexibility index (Phi) is 5.61. The lowest BCUT2D eigenvalue weighted by Gasteiger charge is -2.38. The van der Waals surface area contributed by atoms with Crippen molar-refractivity contribution in [2.45, 2.75) is 11.3 Å². The number of hydrogen-bond acceptors (Lipinski definition) is 6. The first-order chi connectivity index (χ1) is 13.6. The summed E-state index contributed by atoms with van der Waals surface area (Å²) in [5.74, 6) is 1.03. The van der Waals surface area contributed by atoms with Crippen LogP contribution in [0.15, 0.2) is 23.1 Å². The molecule has 28 heavy (non-hydrogen) atoms. The number of sulfonamides is 1. The number of morpholine rings is 1. The van der Waals surface area contributed by atoms with Gasteiger partial charge in [0.2, 0.25) is 10.0 Å². The summed E-state index contributed by atoms with van der Waals surface area (Å²) in [5, 5.41) is 0. The SMILES string of the molecule is O=C(N1CCOCC1)N1CCN(S(=O)(=O)c2ccc3c(c2)OCCCO3)CC1. The van der Waals surface area contributed by atoms with Crippen molar-refractivity contribution in [2.24, 2.45) is 0 Å². The van der Waals surface area contributed by atoms with Gasteiger partial charge in [-0.3, -0.25) is 0 Å². The van der Waals surface area contributed by atoms with Crippen LogP contribution in [0.4, 0.5) is 4.79 Å². The van der Waals surface area contributed by atoms with Gasteiger partial charge in [0, 0.05) is 51.8 Å². The van der Waals surface area contributed by atoms with E-state index in [0.717, 1.165) is 6.42 Å². The van der Waals surface area contributed by atoms with Gasteiger partial charge in [0.05, 0.1) is 31.3 Å². The minimum atomic E-state index is -3.66. The highest BCUT2D eigenvalue weighted by molar-refractivity contribution is 7.89. The predicted octanol–water partition coefficient (Wildman–Crippen LogP) is 0.606. The van der Waals surface area contributed by atoms with Crippen molar-refractivity contribution in [3.63, 3.8) is 0 Å². The van der Waals surface area contributed by atoms with Gasteiger partial charge in [-0.1, -0.05) is 0 Å². The van der Waals surface area contributed by atoms with Crippen molar-refractivity contribution < 1.29 is 27.4 Å². The highest BCUT2D eigenvalue weighted by atomic mass is 32.2. The number of ether oxygens (including phenoxy) is 3. The fourth-order valence-electron chi connectivity index (χ4n) is 3.53. The molecule has 0 saturated carbocycles. The van der Waals surface area contributed by atoms with E-state index in [1.807, 2.05) is 0 Å². The third-order valence-corrected chi connectivity index (χ3v) is 7.04. The maximum atomic E-state index is 13.0. The molecule has 0 N–H and O–H groups in total. The Bertz CT molecular complexity index is 817. The largest absolute Gasteiger partial charge is 0.490 e. The van der Waals surface area contributed by atoms with Crippen LogP contribution in [-0.4, -0.2) is 94.3 Å². The summed E-state index contributed by atoms with van der Waals surface area (Å²) in [7, 11) is -3.66. The number of urea groups is 1. The van der Waals surface area contributed by atoms with Crippen LogP contribution in [0.1, 0.15) is 6.42 Å². The third-order valence-electron chi connectivity index (χ3n) is 5.15. The third kappa shape index (κ3) is 3.89. The molecule has 0 atom stereocenters. The summed E-state index contributed by atoms with van der Waals surface area (Å²) >= 11 is 0. The highest BCUT2D eigenvalue weighted by Crippen LogP contribution is 2.33. The van der Waals surface area contributed by atoms with Gasteiger partial charge in [-0.05, 0) is 12.1 Å². The molecule has 0 aliphatic carbocycles. The number of nitrogens with zero attached hydrogens (tertiary/aromatic N) is 3. The second kappa shape index (κ2) is 8.14. The van der Waals surface area contributed by atoms with Gasteiger partial charge in [0.25, 0.3) is 0 Å². The molecule has 154 valence electrons. The van der Waals surface area contributed by atoms with Gasteiger partial charge in [-0.15, -0.1) is 0 Å². The molecule has 2 saturated heterocycles. The van der Waals surface area contributed by atoms with E-state index in [9.17, 15) is 13.2 Å². The summed E-state index contributed by atoms with van der Waals surface area (Å²) in [6, 6.07) is 4.68. The van der Waals surface area contributed by atoms with Crippen molar-refractivity contribution in [1.82, 2.24) is 14.1 Å². The zero-order valence-electron chi connectivity index (χ0n) is 15.7. The zero-order chi connectivity index (χ0) is 19.6. The van der Waals surface area contributed by atoms with E-state index in [1.165, 1.54) is 10.4 Å². The maximum Gasteiger partial charge on any atom is 0.320 e. The average Bonchev–Trinajstić information content (AvgIpc) is 2.99. The van der Waals surface area contributed by atoms with Crippen LogP contribution < -0.4 is 9.47 Å². The van der Waals surface area contributed by atoms with Crippen molar-refractivity contribution in [3.8, 4) is 11.5 Å². The van der Waals surface area contributed by atoms with Gasteiger partial charge >= 0.3 is 6.03 Å². The van der Waals surface area contributed by atoms with E-state index in [0.29, 0.717) is 64.1 Å². The molecule has 0 unspecified atom stereocenters. The average molecular weight is 411 g/mol. The van der Waals surface area contributed by atoms with Crippen LogP contribution in [0.5, 0.6) is 11.5 Å². The number of piperazine rings is 1. The zero-order valence-corrected chi connectivity index (χ0v) is 16.5. The highest BCUT2D eigenvalue weighted by Gasteiger charge is 2.32. The summed E-state index contributed by atoms with van der Waals surface area (Å²) in [4.78, 5) is 16.2. The Labute approximate surface area is 164 Å². The number of amides is 2. The topological polar surface area (TPSA) is 88.6 Å². The van der Waals surface area contributed by atoms with Crippen molar-refractivity contribution in [2.75, 3.05) is 65.7 Å². The molecule has 2 fully saturated rings. The van der Waals surface area contributed by atoms with Gasteiger partial charge in [0.1, 0.15) is 0 Å². The summed E-state index contributed by atoms with van der Waals surface area (Å²) < 4.78 is 44.0. The standard InChI is InChI=1S/C18H25N3O6S/c22-18(20-8-12-25-13-9-20)19-4-6-21(7-5-19)28(23,24)15-2-3-16-17(14-15)27-11-1-10-26-16/h2-3,14H,1,4-13H2. The first-order valence-electron chi connectivity index (χ1n) is 9.57. The summed E-state index contributed by atoms with van der Waals surface area (Å²) in [6.07, 6.45) is 0.760. The first-order valence-corrected chi connectivity index (χ1v) is 11.0. The van der Waals surface area contributed by atoms with Crippen LogP contribution >= 0.6 is 0 Å². The molecule has 1 aromatic rings. The minimum Gasteiger partial charge on any atom is -0.490 e. The molecule has 2 amide bonds. The number of benzene rings is 1. The lowest BCUT2D eigenvalue weighted by Crippen LogP contribution is -2.55. The van der Waals surface area contributed by atoms with E-state index in [1.54, 1.807) is 21.9 Å². The van der Waals surface area contributed by atoms with E-state index >= 15 is 0 Å².